The lowest BCUT2D eigenvalue weighted by Crippen LogP contribution is -2.19. The maximum Gasteiger partial charge on any atom is 0.233 e. The van der Waals surface area contributed by atoms with Gasteiger partial charge in [0.2, 0.25) is 5.91 Å². The molecule has 1 aliphatic heterocycles. The van der Waals surface area contributed by atoms with Crippen molar-refractivity contribution >= 4 is 17.9 Å². The van der Waals surface area contributed by atoms with Crippen LogP contribution in [-0.2, 0) is 4.79 Å². The molecule has 0 aromatic heterocycles. The van der Waals surface area contributed by atoms with Gasteiger partial charge in [-0.1, -0.05) is 39.0 Å². The van der Waals surface area contributed by atoms with Crippen LogP contribution in [0, 0.1) is 0 Å². The highest BCUT2D eigenvalue weighted by Crippen LogP contribution is 2.21. The minimum Gasteiger partial charge on any atom is -0.286 e. The predicted molar refractivity (Wildman–Crippen MR) is 62.2 cm³/mol. The molecule has 1 fully saturated rings. The number of amides is 1. The summed E-state index contributed by atoms with van der Waals surface area (Å²) in [6.07, 6.45) is 7.84. The fourth-order valence-corrected chi connectivity index (χ4v) is 2.57. The highest BCUT2D eigenvalue weighted by molar-refractivity contribution is 7.97. The van der Waals surface area contributed by atoms with Crippen LogP contribution in [0.1, 0.15) is 53.2 Å². The second-order valence-corrected chi connectivity index (χ2v) is 4.81. The number of nitrogens with zero attached hydrogens (tertiary/aromatic N) is 1. The minimum atomic E-state index is 0.314. The summed E-state index contributed by atoms with van der Waals surface area (Å²) in [4.78, 5) is 11.3. The summed E-state index contributed by atoms with van der Waals surface area (Å²) < 4.78 is 8.93. The van der Waals surface area contributed by atoms with E-state index in [9.17, 15) is 4.79 Å². The van der Waals surface area contributed by atoms with E-state index in [4.69, 9.17) is 1.37 Å². The normalized spacial score (nSPS) is 17.6. The summed E-state index contributed by atoms with van der Waals surface area (Å²) in [7, 11) is 0. The molecule has 0 spiro atoms. The van der Waals surface area contributed by atoms with Crippen LogP contribution < -0.4 is 0 Å². The number of unbranched alkanes of at least 4 members (excludes halogenated alkanes) is 5. The summed E-state index contributed by atoms with van der Waals surface area (Å²) in [6.45, 7) is 1.50. The van der Waals surface area contributed by atoms with Gasteiger partial charge in [0, 0.05) is 20.1 Å². The number of hydrogen-bond acceptors (Lipinski definition) is 2. The summed E-state index contributed by atoms with van der Waals surface area (Å²) in [5.41, 5.74) is 0. The smallest absolute Gasteiger partial charge is 0.233 e. The lowest BCUT2D eigenvalue weighted by atomic mass is 10.1. The zero-order chi connectivity index (χ0) is 10.9. The van der Waals surface area contributed by atoms with Crippen molar-refractivity contribution in [3.63, 3.8) is 0 Å². The van der Waals surface area contributed by atoms with E-state index in [0.29, 0.717) is 12.8 Å². The number of carbonyl (C=O) groups excluding carboxylic acids is 1. The molecule has 1 amide bonds. The van der Waals surface area contributed by atoms with Crippen LogP contribution >= 0.6 is 11.9 Å². The molecule has 0 atom stereocenters. The Morgan fingerprint density at radius 2 is 2.14 bits per heavy atom. The fourth-order valence-electron chi connectivity index (χ4n) is 1.59. The standard InChI is InChI=1S/C11H21NOS/c1-2-3-4-5-6-7-9-12-11(13)8-10-14-12/h2-10H2,1H3/i1D. The van der Waals surface area contributed by atoms with E-state index in [1.807, 2.05) is 4.31 Å². The lowest BCUT2D eigenvalue weighted by Gasteiger charge is -2.12. The van der Waals surface area contributed by atoms with E-state index in [-0.39, 0.29) is 0 Å². The van der Waals surface area contributed by atoms with Gasteiger partial charge in [-0.25, -0.2) is 0 Å². The molecule has 0 aromatic rings. The van der Waals surface area contributed by atoms with E-state index in [0.717, 1.165) is 31.6 Å². The first-order valence-corrected chi connectivity index (χ1v) is 6.51. The van der Waals surface area contributed by atoms with Crippen LogP contribution in [0.4, 0.5) is 0 Å². The average molecular weight is 216 g/mol. The second kappa shape index (κ2) is 7.16. The number of hydrogen-bond donors (Lipinski definition) is 0. The molecule has 1 rings (SSSR count). The van der Waals surface area contributed by atoms with Crippen molar-refractivity contribution in [1.82, 2.24) is 4.31 Å². The summed E-state index contributed by atoms with van der Waals surface area (Å²) in [5.74, 6) is 1.29. The van der Waals surface area contributed by atoms with Crippen molar-refractivity contribution in [2.75, 3.05) is 12.3 Å². The Hall–Kier alpha value is -0.180. The molecule has 2 nitrogen and oxygen atoms in total. The van der Waals surface area contributed by atoms with Crippen molar-refractivity contribution in [2.45, 2.75) is 51.8 Å². The van der Waals surface area contributed by atoms with Crippen molar-refractivity contribution < 1.29 is 6.17 Å². The van der Waals surface area contributed by atoms with Crippen LogP contribution in [0.2, 0.25) is 0 Å². The van der Waals surface area contributed by atoms with Gasteiger partial charge in [0.25, 0.3) is 0 Å². The van der Waals surface area contributed by atoms with E-state index in [1.165, 1.54) is 25.7 Å². The first kappa shape index (κ1) is 10.3. The molecule has 0 saturated carbocycles. The Morgan fingerprint density at radius 3 is 2.86 bits per heavy atom. The highest BCUT2D eigenvalue weighted by Gasteiger charge is 2.19. The molecular weight excluding hydrogens is 194 g/mol. The molecule has 14 heavy (non-hydrogen) atoms. The summed E-state index contributed by atoms with van der Waals surface area (Å²) in [5, 5.41) is 0. The average Bonchev–Trinajstić information content (AvgIpc) is 2.63. The van der Waals surface area contributed by atoms with Crippen LogP contribution in [-0.4, -0.2) is 22.5 Å². The largest absolute Gasteiger partial charge is 0.286 e. The van der Waals surface area contributed by atoms with Crippen molar-refractivity contribution in [3.8, 4) is 0 Å². The topological polar surface area (TPSA) is 20.3 Å². The number of rotatable bonds is 7. The van der Waals surface area contributed by atoms with Gasteiger partial charge in [-0.2, -0.15) is 0 Å². The van der Waals surface area contributed by atoms with Gasteiger partial charge in [0.15, 0.2) is 0 Å². The van der Waals surface area contributed by atoms with Crippen molar-refractivity contribution in [3.05, 3.63) is 0 Å². The summed E-state index contributed by atoms with van der Waals surface area (Å²) >= 11 is 1.68. The third-order valence-electron chi connectivity index (χ3n) is 2.45. The maximum atomic E-state index is 11.3. The zero-order valence-electron chi connectivity index (χ0n) is 9.83. The predicted octanol–water partition coefficient (Wildman–Crippen LogP) is 3.23. The first-order valence-electron chi connectivity index (χ1n) is 6.28. The molecular formula is C11H21NOS. The molecule has 0 unspecified atom stereocenters. The van der Waals surface area contributed by atoms with Gasteiger partial charge in [-0.05, 0) is 18.4 Å². The third-order valence-corrected chi connectivity index (χ3v) is 3.54. The van der Waals surface area contributed by atoms with Crippen molar-refractivity contribution in [1.29, 1.82) is 0 Å². The minimum absolute atomic E-state index is 0.314. The Labute approximate surface area is 93.0 Å². The molecule has 0 bridgehead atoms. The monoisotopic (exact) mass is 216 g/mol. The lowest BCUT2D eigenvalue weighted by molar-refractivity contribution is -0.124. The Balaban J connectivity index is 1.86. The molecule has 1 aliphatic rings. The van der Waals surface area contributed by atoms with Gasteiger partial charge in [0.1, 0.15) is 0 Å². The Bertz CT molecular complexity index is 189. The molecule has 0 radical (unpaired) electrons. The Kier molecular flexibility index (Phi) is 5.29. The maximum absolute atomic E-state index is 11.3. The van der Waals surface area contributed by atoms with E-state index >= 15 is 0 Å². The third kappa shape index (κ3) is 4.36. The van der Waals surface area contributed by atoms with E-state index in [2.05, 4.69) is 0 Å². The molecule has 0 aromatic carbocycles. The first-order chi connectivity index (χ1) is 7.34. The van der Waals surface area contributed by atoms with Gasteiger partial charge >= 0.3 is 0 Å². The van der Waals surface area contributed by atoms with Crippen LogP contribution in [0.3, 0.4) is 0 Å². The molecule has 0 N–H and O–H groups in total. The SMILES string of the molecule is [2H]CCCCCCCCN1SCCC1=O. The zero-order valence-corrected chi connectivity index (χ0v) is 9.65. The molecule has 3 heteroatoms. The Morgan fingerprint density at radius 1 is 1.36 bits per heavy atom. The fraction of sp³-hybridized carbons (Fsp3) is 0.909. The van der Waals surface area contributed by atoms with Crippen LogP contribution in [0.25, 0.3) is 0 Å². The van der Waals surface area contributed by atoms with E-state index in [1.54, 1.807) is 11.9 Å². The molecule has 82 valence electrons. The van der Waals surface area contributed by atoms with Crippen molar-refractivity contribution in [2.24, 2.45) is 0 Å². The number of carbonyl (C=O) groups is 1. The molecule has 1 saturated heterocycles. The van der Waals surface area contributed by atoms with E-state index < -0.39 is 0 Å². The van der Waals surface area contributed by atoms with Gasteiger partial charge < -0.3 is 0 Å². The van der Waals surface area contributed by atoms with Gasteiger partial charge in [-0.15, -0.1) is 0 Å². The van der Waals surface area contributed by atoms with Crippen LogP contribution in [0.5, 0.6) is 0 Å². The molecule has 1 heterocycles. The summed E-state index contributed by atoms with van der Waals surface area (Å²) in [6, 6.07) is 0. The quantitative estimate of drug-likeness (QED) is 0.481. The highest BCUT2D eigenvalue weighted by atomic mass is 32.2. The second-order valence-electron chi connectivity index (χ2n) is 3.70. The van der Waals surface area contributed by atoms with Crippen LogP contribution in [0.15, 0.2) is 0 Å². The molecule has 0 aliphatic carbocycles. The van der Waals surface area contributed by atoms with Gasteiger partial charge in [0.05, 0.1) is 0 Å². The van der Waals surface area contributed by atoms with Gasteiger partial charge in [-0.3, -0.25) is 9.10 Å².